The number of benzene rings is 4. The molecule has 0 aliphatic heterocycles. The molecule has 0 bridgehead atoms. The maximum Gasteiger partial charge on any atom is 0.322 e. The Hall–Kier alpha value is -4.84. The number of carbonyl (C=O) groups is 1. The zero-order valence-electron chi connectivity index (χ0n) is 21.9. The molecular formula is C32H29N3O3. The van der Waals surface area contributed by atoms with Crippen molar-refractivity contribution >= 4 is 22.8 Å². The average Bonchev–Trinajstić information content (AvgIpc) is 2.96. The van der Waals surface area contributed by atoms with Crippen molar-refractivity contribution < 1.29 is 14.3 Å². The van der Waals surface area contributed by atoms with E-state index in [0.717, 1.165) is 38.8 Å². The molecule has 0 radical (unpaired) electrons. The van der Waals surface area contributed by atoms with E-state index in [1.807, 2.05) is 54.6 Å². The van der Waals surface area contributed by atoms with Crippen molar-refractivity contribution in [2.45, 2.75) is 0 Å². The summed E-state index contributed by atoms with van der Waals surface area (Å²) in [6.07, 6.45) is 0. The van der Waals surface area contributed by atoms with Crippen molar-refractivity contribution in [1.82, 2.24) is 9.88 Å². The quantitative estimate of drug-likeness (QED) is 0.263. The summed E-state index contributed by atoms with van der Waals surface area (Å²) in [5.41, 5.74) is 6.76. The lowest BCUT2D eigenvalue weighted by Gasteiger charge is -2.18. The molecule has 0 unspecified atom stereocenters. The highest BCUT2D eigenvalue weighted by atomic mass is 16.5. The molecule has 1 N–H and O–H groups in total. The van der Waals surface area contributed by atoms with E-state index in [2.05, 4.69) is 47.8 Å². The number of aromatic nitrogens is 1. The van der Waals surface area contributed by atoms with Crippen molar-refractivity contribution in [3.63, 3.8) is 0 Å². The number of fused-ring (bicyclic) bond motifs is 1. The van der Waals surface area contributed by atoms with Crippen LogP contribution in [0.1, 0.15) is 0 Å². The van der Waals surface area contributed by atoms with Gasteiger partial charge in [-0.15, -0.1) is 0 Å². The van der Waals surface area contributed by atoms with Crippen LogP contribution >= 0.6 is 0 Å². The summed E-state index contributed by atoms with van der Waals surface area (Å²) in [4.78, 5) is 19.1. The van der Waals surface area contributed by atoms with Gasteiger partial charge in [-0.05, 0) is 58.1 Å². The summed E-state index contributed by atoms with van der Waals surface area (Å²) in [7, 11) is 6.60. The number of ether oxygens (including phenoxy) is 2. The lowest BCUT2D eigenvalue weighted by molar-refractivity contribution is 0.230. The fraction of sp³-hybridized carbons (Fsp3) is 0.125. The Kier molecular flexibility index (Phi) is 6.96. The van der Waals surface area contributed by atoms with Crippen LogP contribution in [-0.2, 0) is 0 Å². The molecule has 6 heteroatoms. The molecule has 0 aliphatic rings. The minimum Gasteiger partial charge on any atom is -0.493 e. The van der Waals surface area contributed by atoms with Gasteiger partial charge in [0.2, 0.25) is 0 Å². The molecule has 5 rings (SSSR count). The van der Waals surface area contributed by atoms with Gasteiger partial charge in [0.15, 0.2) is 11.5 Å². The molecule has 4 aromatic carbocycles. The molecule has 1 aromatic heterocycles. The Morgan fingerprint density at radius 2 is 1.21 bits per heavy atom. The minimum atomic E-state index is -0.263. The Balaban J connectivity index is 1.78. The number of hydrogen-bond acceptors (Lipinski definition) is 4. The van der Waals surface area contributed by atoms with Crippen molar-refractivity contribution in [2.75, 3.05) is 33.6 Å². The number of hydrogen-bond donors (Lipinski definition) is 1. The molecule has 0 fully saturated rings. The van der Waals surface area contributed by atoms with Gasteiger partial charge in [0, 0.05) is 31.1 Å². The van der Waals surface area contributed by atoms with Gasteiger partial charge >= 0.3 is 6.03 Å². The number of nitrogens with one attached hydrogen (secondary N) is 1. The summed E-state index contributed by atoms with van der Waals surface area (Å²) < 4.78 is 11.0. The second-order valence-corrected chi connectivity index (χ2v) is 9.14. The summed E-state index contributed by atoms with van der Waals surface area (Å²) in [5.74, 6) is 1.65. The second kappa shape index (κ2) is 10.6. The molecule has 5 aromatic rings. The average molecular weight is 504 g/mol. The molecule has 190 valence electrons. The van der Waals surface area contributed by atoms with E-state index in [9.17, 15) is 4.79 Å². The van der Waals surface area contributed by atoms with E-state index in [1.165, 1.54) is 4.90 Å². The lowest BCUT2D eigenvalue weighted by atomic mass is 9.93. The summed E-state index contributed by atoms with van der Waals surface area (Å²) in [6, 6.07) is 32.5. The van der Waals surface area contributed by atoms with E-state index in [4.69, 9.17) is 14.5 Å². The van der Waals surface area contributed by atoms with Crippen LogP contribution in [0.2, 0.25) is 0 Å². The van der Waals surface area contributed by atoms with E-state index in [1.54, 1.807) is 28.3 Å². The first-order chi connectivity index (χ1) is 18.5. The zero-order chi connectivity index (χ0) is 26.6. The fourth-order valence-corrected chi connectivity index (χ4v) is 4.41. The largest absolute Gasteiger partial charge is 0.493 e. The predicted octanol–water partition coefficient (Wildman–Crippen LogP) is 7.35. The van der Waals surface area contributed by atoms with E-state index >= 15 is 0 Å². The maximum absolute atomic E-state index is 12.8. The van der Waals surface area contributed by atoms with Crippen LogP contribution in [0, 0.1) is 0 Å². The molecule has 0 aliphatic carbocycles. The number of rotatable bonds is 6. The number of anilines is 1. The number of nitrogens with zero attached hydrogens (tertiary/aromatic N) is 2. The minimum absolute atomic E-state index is 0.263. The molecule has 2 amide bonds. The van der Waals surface area contributed by atoms with Gasteiger partial charge in [-0.25, -0.2) is 9.78 Å². The molecule has 0 saturated carbocycles. The first-order valence-electron chi connectivity index (χ1n) is 12.3. The molecule has 0 saturated heterocycles. The third-order valence-corrected chi connectivity index (χ3v) is 6.41. The molecular weight excluding hydrogens is 474 g/mol. The van der Waals surface area contributed by atoms with Crippen LogP contribution in [-0.4, -0.2) is 44.2 Å². The van der Waals surface area contributed by atoms with E-state index < -0.39 is 0 Å². The standard InChI is InChI=1S/C32H29N3O3/c1-35(2)32(36)34-31-27(18-26-19-29(37-3)30(38-4)20-28(26)33-31)25-16-23(21-11-7-5-8-12-21)15-24(17-25)22-13-9-6-10-14-22/h5-20H,1-4H3,(H,33,34,36). The lowest BCUT2D eigenvalue weighted by Crippen LogP contribution is -2.28. The Morgan fingerprint density at radius 3 is 1.74 bits per heavy atom. The number of urea groups is 1. The van der Waals surface area contributed by atoms with Crippen LogP contribution in [0.15, 0.2) is 97.1 Å². The Morgan fingerprint density at radius 1 is 0.684 bits per heavy atom. The highest BCUT2D eigenvalue weighted by molar-refractivity contribution is 5.98. The first kappa shape index (κ1) is 24.8. The molecule has 6 nitrogen and oxygen atoms in total. The van der Waals surface area contributed by atoms with Crippen molar-refractivity contribution in [1.29, 1.82) is 0 Å². The summed E-state index contributed by atoms with van der Waals surface area (Å²) >= 11 is 0. The van der Waals surface area contributed by atoms with Gasteiger partial charge in [0.05, 0.1) is 19.7 Å². The van der Waals surface area contributed by atoms with Crippen LogP contribution in [0.3, 0.4) is 0 Å². The van der Waals surface area contributed by atoms with Crippen LogP contribution in [0.5, 0.6) is 11.5 Å². The van der Waals surface area contributed by atoms with E-state index in [-0.39, 0.29) is 6.03 Å². The van der Waals surface area contributed by atoms with E-state index in [0.29, 0.717) is 22.8 Å². The molecule has 0 atom stereocenters. The third-order valence-electron chi connectivity index (χ3n) is 6.41. The highest BCUT2D eigenvalue weighted by Gasteiger charge is 2.17. The smallest absolute Gasteiger partial charge is 0.322 e. The summed E-state index contributed by atoms with van der Waals surface area (Å²) in [5, 5.41) is 3.86. The number of methoxy groups -OCH3 is 2. The number of amides is 2. The van der Waals surface area contributed by atoms with Crippen molar-refractivity contribution in [2.24, 2.45) is 0 Å². The van der Waals surface area contributed by atoms with Crippen molar-refractivity contribution in [3.8, 4) is 44.9 Å². The SMILES string of the molecule is COc1cc2cc(-c3cc(-c4ccccc4)cc(-c4ccccc4)c3)c(NC(=O)N(C)C)nc2cc1OC. The van der Waals surface area contributed by atoms with Crippen LogP contribution in [0.25, 0.3) is 44.3 Å². The Bertz CT molecular complexity index is 1540. The number of carbonyl (C=O) groups excluding carboxylic acids is 1. The van der Waals surface area contributed by atoms with Gasteiger partial charge in [-0.1, -0.05) is 60.7 Å². The zero-order valence-corrected chi connectivity index (χ0v) is 21.9. The van der Waals surface area contributed by atoms with Gasteiger partial charge in [-0.2, -0.15) is 0 Å². The number of pyridine rings is 1. The summed E-state index contributed by atoms with van der Waals surface area (Å²) in [6.45, 7) is 0. The van der Waals surface area contributed by atoms with Gasteiger partial charge < -0.3 is 14.4 Å². The van der Waals surface area contributed by atoms with Crippen LogP contribution in [0.4, 0.5) is 10.6 Å². The topological polar surface area (TPSA) is 63.7 Å². The second-order valence-electron chi connectivity index (χ2n) is 9.14. The third kappa shape index (κ3) is 5.02. The fourth-order valence-electron chi connectivity index (χ4n) is 4.41. The molecule has 0 spiro atoms. The maximum atomic E-state index is 12.8. The monoisotopic (exact) mass is 503 g/mol. The normalized spacial score (nSPS) is 10.7. The highest BCUT2D eigenvalue weighted by Crippen LogP contribution is 2.39. The van der Waals surface area contributed by atoms with Gasteiger partial charge in [-0.3, -0.25) is 5.32 Å². The van der Waals surface area contributed by atoms with Crippen molar-refractivity contribution in [3.05, 3.63) is 97.1 Å². The van der Waals surface area contributed by atoms with Crippen LogP contribution < -0.4 is 14.8 Å². The molecule has 1 heterocycles. The van der Waals surface area contributed by atoms with Gasteiger partial charge in [0.25, 0.3) is 0 Å². The molecule has 38 heavy (non-hydrogen) atoms. The predicted molar refractivity (Wildman–Crippen MR) is 154 cm³/mol. The first-order valence-corrected chi connectivity index (χ1v) is 12.3. The Labute approximate surface area is 222 Å². The van der Waals surface area contributed by atoms with Gasteiger partial charge in [0.1, 0.15) is 5.82 Å².